The first-order valence-electron chi connectivity index (χ1n) is 10.2. The summed E-state index contributed by atoms with van der Waals surface area (Å²) in [4.78, 5) is 20.8. The van der Waals surface area contributed by atoms with Gasteiger partial charge < -0.3 is 9.80 Å². The monoisotopic (exact) mass is 462 g/mol. The normalized spacial score (nSPS) is 15.7. The van der Waals surface area contributed by atoms with E-state index in [0.29, 0.717) is 24.7 Å². The second kappa shape index (κ2) is 10.1. The molecule has 1 amide bonds. The summed E-state index contributed by atoms with van der Waals surface area (Å²) < 4.78 is 27.1. The largest absolute Gasteiger partial charge is 0.341 e. The van der Waals surface area contributed by atoms with Crippen LogP contribution >= 0.6 is 11.8 Å². The number of amides is 1. The molecular weight excluding hydrogens is 432 g/mol. The van der Waals surface area contributed by atoms with Crippen molar-refractivity contribution < 1.29 is 13.2 Å². The number of rotatable bonds is 7. The molecule has 0 spiro atoms. The van der Waals surface area contributed by atoms with Crippen LogP contribution in [0.25, 0.3) is 0 Å². The lowest BCUT2D eigenvalue weighted by atomic mass is 10.1. The number of likely N-dealkylation sites (N-methyl/N-ethyl adjacent to an activating group) is 1. The third-order valence-electron chi connectivity index (χ3n) is 5.48. The number of hydrogen-bond acceptors (Lipinski definition) is 6. The number of hydrogen-bond donors (Lipinski definition) is 0. The predicted octanol–water partition coefficient (Wildman–Crippen LogP) is 2.39. The summed E-state index contributed by atoms with van der Waals surface area (Å²) in [5, 5.41) is 0.630. The Morgan fingerprint density at radius 1 is 1.13 bits per heavy atom. The summed E-state index contributed by atoms with van der Waals surface area (Å²) >= 11 is 1.31. The molecule has 168 valence electrons. The van der Waals surface area contributed by atoms with Gasteiger partial charge in [-0.3, -0.25) is 4.79 Å². The number of aromatic nitrogens is 1. The maximum atomic E-state index is 12.8. The van der Waals surface area contributed by atoms with Gasteiger partial charge in [-0.05, 0) is 44.2 Å². The number of thioether (sulfide) groups is 1. The van der Waals surface area contributed by atoms with E-state index in [-0.39, 0.29) is 16.6 Å². The minimum absolute atomic E-state index is 0.000842. The van der Waals surface area contributed by atoms with Crippen molar-refractivity contribution in [1.29, 1.82) is 0 Å². The van der Waals surface area contributed by atoms with E-state index in [2.05, 4.69) is 41.9 Å². The maximum absolute atomic E-state index is 12.8. The highest BCUT2D eigenvalue weighted by molar-refractivity contribution is 7.99. The molecule has 1 aliphatic rings. The molecule has 7 nitrogen and oxygen atoms in total. The van der Waals surface area contributed by atoms with Crippen molar-refractivity contribution in [3.05, 3.63) is 53.2 Å². The van der Waals surface area contributed by atoms with Crippen molar-refractivity contribution >= 4 is 27.7 Å². The van der Waals surface area contributed by atoms with Gasteiger partial charge in [0.25, 0.3) is 0 Å². The van der Waals surface area contributed by atoms with Crippen molar-refractivity contribution in [2.24, 2.45) is 0 Å². The SMILES string of the molecule is Cc1ccc(CN(C)C(=O)CSc2ccc(S(=O)(=O)N3CCN(C)CC3)cn2)c(C)c1. The first-order valence-corrected chi connectivity index (χ1v) is 12.7. The summed E-state index contributed by atoms with van der Waals surface area (Å²) in [6.45, 7) is 7.07. The molecule has 2 aromatic rings. The van der Waals surface area contributed by atoms with Crippen molar-refractivity contribution in [2.45, 2.75) is 30.3 Å². The van der Waals surface area contributed by atoms with Gasteiger partial charge in [0, 0.05) is 46.0 Å². The molecule has 0 unspecified atom stereocenters. The van der Waals surface area contributed by atoms with Gasteiger partial charge in [-0.1, -0.05) is 35.5 Å². The topological polar surface area (TPSA) is 73.8 Å². The van der Waals surface area contributed by atoms with Crippen molar-refractivity contribution in [1.82, 2.24) is 19.1 Å². The number of pyridine rings is 1. The molecule has 0 radical (unpaired) electrons. The van der Waals surface area contributed by atoms with Crippen LogP contribution in [-0.2, 0) is 21.4 Å². The molecule has 1 saturated heterocycles. The molecule has 1 fully saturated rings. The Labute approximate surface area is 189 Å². The zero-order valence-corrected chi connectivity index (χ0v) is 20.2. The Balaban J connectivity index is 1.55. The fourth-order valence-electron chi connectivity index (χ4n) is 3.39. The zero-order chi connectivity index (χ0) is 22.6. The lowest BCUT2D eigenvalue weighted by Gasteiger charge is -2.31. The summed E-state index contributed by atoms with van der Waals surface area (Å²) in [6.07, 6.45) is 1.39. The molecule has 1 aliphatic heterocycles. The van der Waals surface area contributed by atoms with Crippen LogP contribution in [0.2, 0.25) is 0 Å². The second-order valence-corrected chi connectivity index (χ2v) is 10.9. The average Bonchev–Trinajstić information content (AvgIpc) is 2.74. The number of carbonyl (C=O) groups is 1. The molecule has 2 heterocycles. The third-order valence-corrected chi connectivity index (χ3v) is 8.29. The lowest BCUT2D eigenvalue weighted by Crippen LogP contribution is -2.47. The van der Waals surface area contributed by atoms with Gasteiger partial charge in [-0.25, -0.2) is 13.4 Å². The quantitative estimate of drug-likeness (QED) is 0.589. The van der Waals surface area contributed by atoms with E-state index in [4.69, 9.17) is 0 Å². The number of aryl methyl sites for hydroxylation is 2. The van der Waals surface area contributed by atoms with Gasteiger partial charge in [0.1, 0.15) is 4.90 Å². The third kappa shape index (κ3) is 6.06. The van der Waals surface area contributed by atoms with Crippen LogP contribution in [0.5, 0.6) is 0 Å². The van der Waals surface area contributed by atoms with E-state index < -0.39 is 10.0 Å². The minimum atomic E-state index is -3.53. The average molecular weight is 463 g/mol. The predicted molar refractivity (Wildman–Crippen MR) is 124 cm³/mol. The first kappa shape index (κ1) is 23.7. The minimum Gasteiger partial charge on any atom is -0.341 e. The molecule has 1 aromatic carbocycles. The summed E-state index contributed by atoms with van der Waals surface area (Å²) in [6, 6.07) is 9.47. The molecule has 3 rings (SSSR count). The Kier molecular flexibility index (Phi) is 7.74. The van der Waals surface area contributed by atoms with E-state index in [9.17, 15) is 13.2 Å². The molecule has 0 aliphatic carbocycles. The van der Waals surface area contributed by atoms with E-state index in [1.807, 2.05) is 7.05 Å². The molecule has 1 aromatic heterocycles. The molecule has 0 saturated carbocycles. The number of carbonyl (C=O) groups excluding carboxylic acids is 1. The van der Waals surface area contributed by atoms with Gasteiger partial charge in [0.2, 0.25) is 15.9 Å². The van der Waals surface area contributed by atoms with Crippen LogP contribution in [0.1, 0.15) is 16.7 Å². The molecule has 9 heteroatoms. The highest BCUT2D eigenvalue weighted by Crippen LogP contribution is 2.21. The standard InChI is InChI=1S/C22H30N4O3S2/c1-17-5-6-19(18(2)13-17)15-25(4)22(27)16-30-21-8-7-20(14-23-21)31(28,29)26-11-9-24(3)10-12-26/h5-8,13-14H,9-12,15-16H2,1-4H3. The molecule has 0 atom stereocenters. The number of nitrogens with zero attached hydrogens (tertiary/aromatic N) is 4. The number of benzene rings is 1. The molecule has 0 N–H and O–H groups in total. The summed E-state index contributed by atoms with van der Waals surface area (Å²) in [5.74, 6) is 0.250. The van der Waals surface area contributed by atoms with Gasteiger partial charge >= 0.3 is 0 Å². The van der Waals surface area contributed by atoms with Gasteiger partial charge in [-0.2, -0.15) is 4.31 Å². The Morgan fingerprint density at radius 3 is 2.45 bits per heavy atom. The zero-order valence-electron chi connectivity index (χ0n) is 18.5. The maximum Gasteiger partial charge on any atom is 0.244 e. The van der Waals surface area contributed by atoms with Crippen LogP contribution in [0.4, 0.5) is 0 Å². The highest BCUT2D eigenvalue weighted by Gasteiger charge is 2.27. The Bertz CT molecular complexity index is 1020. The van der Waals surface area contributed by atoms with Crippen molar-refractivity contribution in [3.8, 4) is 0 Å². The number of piperazine rings is 1. The Hall–Kier alpha value is -1.94. The lowest BCUT2D eigenvalue weighted by molar-refractivity contribution is -0.127. The highest BCUT2D eigenvalue weighted by atomic mass is 32.2. The van der Waals surface area contributed by atoms with Gasteiger partial charge in [-0.15, -0.1) is 0 Å². The van der Waals surface area contributed by atoms with Crippen LogP contribution in [0.15, 0.2) is 46.5 Å². The molecular formula is C22H30N4O3S2. The summed E-state index contributed by atoms with van der Waals surface area (Å²) in [7, 11) is 0.248. The second-order valence-electron chi connectivity index (χ2n) is 8.01. The van der Waals surface area contributed by atoms with E-state index >= 15 is 0 Å². The Morgan fingerprint density at radius 2 is 1.84 bits per heavy atom. The first-order chi connectivity index (χ1) is 14.7. The van der Waals surface area contributed by atoms with Crippen LogP contribution in [-0.4, -0.2) is 79.4 Å². The fraction of sp³-hybridized carbons (Fsp3) is 0.455. The smallest absolute Gasteiger partial charge is 0.244 e. The van der Waals surface area contributed by atoms with Crippen molar-refractivity contribution in [3.63, 3.8) is 0 Å². The van der Waals surface area contributed by atoms with Gasteiger partial charge in [0.05, 0.1) is 10.8 Å². The van der Waals surface area contributed by atoms with Crippen LogP contribution in [0.3, 0.4) is 0 Å². The molecule has 31 heavy (non-hydrogen) atoms. The van der Waals surface area contributed by atoms with Crippen LogP contribution < -0.4 is 0 Å². The number of sulfonamides is 1. The molecule has 0 bridgehead atoms. The van der Waals surface area contributed by atoms with E-state index in [0.717, 1.165) is 18.7 Å². The fourth-order valence-corrected chi connectivity index (χ4v) is 5.55. The summed E-state index contributed by atoms with van der Waals surface area (Å²) in [5.41, 5.74) is 3.50. The van der Waals surface area contributed by atoms with Gasteiger partial charge in [0.15, 0.2) is 0 Å². The van der Waals surface area contributed by atoms with E-state index in [1.165, 1.54) is 33.4 Å². The van der Waals surface area contributed by atoms with Crippen molar-refractivity contribution in [2.75, 3.05) is 46.0 Å². The van der Waals surface area contributed by atoms with Crippen LogP contribution in [0, 0.1) is 13.8 Å². The van der Waals surface area contributed by atoms with E-state index in [1.54, 1.807) is 24.1 Å².